The molecular weight excluding hydrogens is 476 g/mol. The molecule has 0 bridgehead atoms. The first-order chi connectivity index (χ1) is 17.9. The summed E-state index contributed by atoms with van der Waals surface area (Å²) in [4.78, 5) is 39.5. The van der Waals surface area contributed by atoms with Gasteiger partial charge in [-0.05, 0) is 48.9 Å². The van der Waals surface area contributed by atoms with Gasteiger partial charge in [-0.25, -0.2) is 9.59 Å². The first-order valence-electron chi connectivity index (χ1n) is 12.0. The number of nitrogens with one attached hydrogen (secondary N) is 1. The van der Waals surface area contributed by atoms with Gasteiger partial charge < -0.3 is 14.4 Å². The van der Waals surface area contributed by atoms with E-state index >= 15 is 0 Å². The third-order valence-electron chi connectivity index (χ3n) is 6.04. The van der Waals surface area contributed by atoms with Crippen LogP contribution in [0.2, 0.25) is 0 Å². The molecule has 1 saturated heterocycles. The van der Waals surface area contributed by atoms with Gasteiger partial charge in [-0.3, -0.25) is 20.3 Å². The molecule has 1 unspecified atom stereocenters. The number of nitro benzene ring substituents is 1. The highest BCUT2D eigenvalue weighted by Crippen LogP contribution is 2.26. The van der Waals surface area contributed by atoms with Gasteiger partial charge in [0.2, 0.25) is 0 Å². The lowest BCUT2D eigenvalue weighted by Gasteiger charge is -2.39. The Balaban J connectivity index is 1.32. The highest BCUT2D eigenvalue weighted by atomic mass is 16.6. The number of hydrogen-bond donors (Lipinski definition) is 1. The van der Waals surface area contributed by atoms with Crippen LogP contribution in [0.15, 0.2) is 78.9 Å². The number of ether oxygens (including phenoxy) is 2. The molecule has 1 amide bonds. The molecule has 1 aliphatic heterocycles. The fourth-order valence-corrected chi connectivity index (χ4v) is 4.23. The zero-order chi connectivity index (χ0) is 26.2. The molecule has 0 aromatic heterocycles. The number of hydrogen-bond acceptors (Lipinski definition) is 8. The van der Waals surface area contributed by atoms with Gasteiger partial charge in [0.05, 0.1) is 11.5 Å². The van der Waals surface area contributed by atoms with Gasteiger partial charge in [0.15, 0.2) is 0 Å². The Kier molecular flexibility index (Phi) is 8.32. The number of piperazine rings is 1. The molecule has 10 heteroatoms. The summed E-state index contributed by atoms with van der Waals surface area (Å²) >= 11 is 0. The molecule has 37 heavy (non-hydrogen) atoms. The molecule has 3 aromatic rings. The average Bonchev–Trinajstić information content (AvgIpc) is 2.91. The van der Waals surface area contributed by atoms with Crippen LogP contribution in [-0.2, 0) is 9.53 Å². The van der Waals surface area contributed by atoms with Gasteiger partial charge in [0.1, 0.15) is 11.8 Å². The molecule has 1 fully saturated rings. The van der Waals surface area contributed by atoms with Crippen LogP contribution in [-0.4, -0.2) is 54.7 Å². The van der Waals surface area contributed by atoms with Gasteiger partial charge in [-0.15, -0.1) is 0 Å². The summed E-state index contributed by atoms with van der Waals surface area (Å²) in [6.45, 7) is 5.00. The lowest BCUT2D eigenvalue weighted by molar-refractivity contribution is -0.384. The number of rotatable bonds is 8. The fourth-order valence-electron chi connectivity index (χ4n) is 4.23. The first-order valence-corrected chi connectivity index (χ1v) is 12.0. The normalized spacial score (nSPS) is 14.5. The summed E-state index contributed by atoms with van der Waals surface area (Å²) in [5, 5.41) is 13.4. The predicted octanol–water partition coefficient (Wildman–Crippen LogP) is 4.63. The number of nitro groups is 1. The summed E-state index contributed by atoms with van der Waals surface area (Å²) in [6.07, 6.45) is -0.693. The average molecular weight is 505 g/mol. The van der Waals surface area contributed by atoms with E-state index in [-0.39, 0.29) is 17.4 Å². The fraction of sp³-hybridized carbons (Fsp3) is 0.259. The molecule has 1 atom stereocenters. The molecule has 0 spiro atoms. The van der Waals surface area contributed by atoms with Gasteiger partial charge in [-0.1, -0.05) is 30.3 Å². The summed E-state index contributed by atoms with van der Waals surface area (Å²) in [5.74, 6) is -0.0348. The lowest BCUT2D eigenvalue weighted by atomic mass is 10.0. The summed E-state index contributed by atoms with van der Waals surface area (Å²) in [7, 11) is 0. The molecule has 0 saturated carbocycles. The van der Waals surface area contributed by atoms with Gasteiger partial charge in [0.25, 0.3) is 5.69 Å². The number of anilines is 2. The van der Waals surface area contributed by atoms with Crippen LogP contribution in [0.4, 0.5) is 21.9 Å². The molecule has 4 rings (SSSR count). The first kappa shape index (κ1) is 25.6. The Morgan fingerprint density at radius 1 is 0.946 bits per heavy atom. The minimum absolute atomic E-state index is 0.0827. The van der Waals surface area contributed by atoms with Crippen molar-refractivity contribution in [3.63, 3.8) is 0 Å². The molecule has 1 heterocycles. The van der Waals surface area contributed by atoms with Crippen molar-refractivity contribution < 1.29 is 24.0 Å². The van der Waals surface area contributed by atoms with E-state index in [4.69, 9.17) is 9.47 Å². The van der Waals surface area contributed by atoms with Gasteiger partial charge >= 0.3 is 12.1 Å². The minimum Gasteiger partial charge on any atom is -0.465 e. The Bertz CT molecular complexity index is 1210. The third kappa shape index (κ3) is 6.62. The van der Waals surface area contributed by atoms with E-state index in [1.807, 2.05) is 49.4 Å². The van der Waals surface area contributed by atoms with Crippen LogP contribution in [0, 0.1) is 10.1 Å². The van der Waals surface area contributed by atoms with Crippen molar-refractivity contribution in [1.29, 1.82) is 0 Å². The smallest absolute Gasteiger partial charge is 0.417 e. The number of esters is 1. The molecule has 1 aliphatic rings. The predicted molar refractivity (Wildman–Crippen MR) is 139 cm³/mol. The van der Waals surface area contributed by atoms with Crippen LogP contribution in [0.1, 0.15) is 18.5 Å². The van der Waals surface area contributed by atoms with E-state index in [2.05, 4.69) is 15.1 Å². The van der Waals surface area contributed by atoms with E-state index in [1.54, 1.807) is 12.1 Å². The topological polar surface area (TPSA) is 114 Å². The molecule has 0 radical (unpaired) electrons. The van der Waals surface area contributed by atoms with Crippen molar-refractivity contribution >= 4 is 29.1 Å². The Morgan fingerprint density at radius 3 is 2.19 bits per heavy atom. The van der Waals surface area contributed by atoms with E-state index in [9.17, 15) is 19.7 Å². The highest BCUT2D eigenvalue weighted by Gasteiger charge is 2.31. The second-order valence-electron chi connectivity index (χ2n) is 8.40. The maximum absolute atomic E-state index is 12.7. The molecular formula is C27H28N4O6. The monoisotopic (exact) mass is 504 g/mol. The maximum Gasteiger partial charge on any atom is 0.417 e. The van der Waals surface area contributed by atoms with Crippen molar-refractivity contribution in [1.82, 2.24) is 4.90 Å². The van der Waals surface area contributed by atoms with Crippen LogP contribution in [0.25, 0.3) is 0 Å². The lowest BCUT2D eigenvalue weighted by Crippen LogP contribution is -2.49. The van der Waals surface area contributed by atoms with Crippen LogP contribution < -0.4 is 15.0 Å². The quantitative estimate of drug-likeness (QED) is 0.268. The van der Waals surface area contributed by atoms with Crippen molar-refractivity contribution in [2.24, 2.45) is 0 Å². The Morgan fingerprint density at radius 2 is 1.59 bits per heavy atom. The maximum atomic E-state index is 12.7. The van der Waals surface area contributed by atoms with Crippen molar-refractivity contribution in [2.45, 2.75) is 13.0 Å². The van der Waals surface area contributed by atoms with E-state index in [1.165, 1.54) is 24.3 Å². The summed E-state index contributed by atoms with van der Waals surface area (Å²) in [5.41, 5.74) is 2.40. The molecule has 10 nitrogen and oxygen atoms in total. The third-order valence-corrected chi connectivity index (χ3v) is 6.04. The number of non-ortho nitro benzene ring substituents is 1. The van der Waals surface area contributed by atoms with E-state index in [0.29, 0.717) is 25.4 Å². The minimum atomic E-state index is -0.693. The Hall–Kier alpha value is -4.44. The number of carbonyl (C=O) groups excluding carboxylic acids is 2. The van der Waals surface area contributed by atoms with E-state index in [0.717, 1.165) is 24.3 Å². The van der Waals surface area contributed by atoms with Crippen LogP contribution in [0.5, 0.6) is 5.75 Å². The molecule has 3 aromatic carbocycles. The van der Waals surface area contributed by atoms with Crippen molar-refractivity contribution in [3.8, 4) is 5.75 Å². The van der Waals surface area contributed by atoms with Gasteiger partial charge in [-0.2, -0.15) is 0 Å². The molecule has 192 valence electrons. The van der Waals surface area contributed by atoms with Crippen molar-refractivity contribution in [3.05, 3.63) is 94.5 Å². The summed E-state index contributed by atoms with van der Waals surface area (Å²) < 4.78 is 10.5. The second-order valence-corrected chi connectivity index (χ2v) is 8.40. The number of benzene rings is 3. The standard InChI is InChI=1S/C27H28N4O6/c1-2-36-26(32)25(20-6-4-3-5-7-20)30-18-16-29(17-19-30)22-10-8-21(9-11-22)28-27(33)37-24-14-12-23(13-15-24)31(34)35/h3-15,25H,2,16-19H2,1H3,(H,28,33). The molecule has 0 aliphatic carbocycles. The largest absolute Gasteiger partial charge is 0.465 e. The number of carbonyl (C=O) groups is 2. The SMILES string of the molecule is CCOC(=O)C(c1ccccc1)N1CCN(c2ccc(NC(=O)Oc3ccc([N+](=O)[O-])cc3)cc2)CC1. The van der Waals surface area contributed by atoms with E-state index < -0.39 is 17.1 Å². The zero-order valence-corrected chi connectivity index (χ0v) is 20.4. The zero-order valence-electron chi connectivity index (χ0n) is 20.4. The summed E-state index contributed by atoms with van der Waals surface area (Å²) in [6, 6.07) is 21.9. The second kappa shape index (κ2) is 12.0. The Labute approximate surface area is 214 Å². The number of nitrogens with zero attached hydrogens (tertiary/aromatic N) is 3. The van der Waals surface area contributed by atoms with Gasteiger partial charge in [0, 0.05) is 49.7 Å². The highest BCUT2D eigenvalue weighted by molar-refractivity contribution is 5.86. The van der Waals surface area contributed by atoms with Crippen molar-refractivity contribution in [2.75, 3.05) is 43.0 Å². The van der Waals surface area contributed by atoms with Crippen LogP contribution in [0.3, 0.4) is 0 Å². The van der Waals surface area contributed by atoms with Crippen LogP contribution >= 0.6 is 0 Å². The molecule has 1 N–H and O–H groups in total. The number of amides is 1.